The normalized spacial score (nSPS) is 11.4. The molecule has 0 fully saturated rings. The standard InChI is InChI=1S/2C12H16N2/c1-9(2)6-10-4-5-12-11(7-10)8-13-14(12)3;1-9(2)8-11-10-6-4-5-7-12(10)14(3)13-11/h4-5,7-9H,6H2,1-3H3;4-7,9H,8H2,1-3H3. The van der Waals surface area contributed by atoms with Crippen LogP contribution in [0.15, 0.2) is 48.7 Å². The fourth-order valence-corrected chi connectivity index (χ4v) is 3.64. The van der Waals surface area contributed by atoms with Gasteiger partial charge in [-0.25, -0.2) is 0 Å². The first-order valence-corrected chi connectivity index (χ1v) is 10.2. The van der Waals surface area contributed by atoms with Crippen molar-refractivity contribution < 1.29 is 0 Å². The Labute approximate surface area is 168 Å². The first kappa shape index (κ1) is 20.1. The van der Waals surface area contributed by atoms with Crippen LogP contribution in [0, 0.1) is 11.8 Å². The minimum Gasteiger partial charge on any atom is -0.268 e. The lowest BCUT2D eigenvalue weighted by atomic mass is 10.0. The second-order valence-electron chi connectivity index (χ2n) is 8.44. The second-order valence-corrected chi connectivity index (χ2v) is 8.44. The first-order chi connectivity index (χ1) is 13.3. The van der Waals surface area contributed by atoms with E-state index in [2.05, 4.69) is 80.4 Å². The van der Waals surface area contributed by atoms with Gasteiger partial charge >= 0.3 is 0 Å². The van der Waals surface area contributed by atoms with Crippen LogP contribution in [0.2, 0.25) is 0 Å². The van der Waals surface area contributed by atoms with Gasteiger partial charge < -0.3 is 0 Å². The van der Waals surface area contributed by atoms with Crippen LogP contribution in [0.3, 0.4) is 0 Å². The quantitative estimate of drug-likeness (QED) is 0.468. The number of hydrogen-bond acceptors (Lipinski definition) is 2. The first-order valence-electron chi connectivity index (χ1n) is 10.2. The Bertz CT molecular complexity index is 1050. The highest BCUT2D eigenvalue weighted by Gasteiger charge is 2.08. The van der Waals surface area contributed by atoms with Gasteiger partial charge in [0.2, 0.25) is 0 Å². The van der Waals surface area contributed by atoms with Gasteiger partial charge in [0.1, 0.15) is 0 Å². The summed E-state index contributed by atoms with van der Waals surface area (Å²) >= 11 is 0. The number of nitrogens with zero attached hydrogens (tertiary/aromatic N) is 4. The van der Waals surface area contributed by atoms with Crippen LogP contribution in [-0.2, 0) is 26.9 Å². The average molecular weight is 377 g/mol. The predicted octanol–water partition coefficient (Wildman–Crippen LogP) is 5.54. The summed E-state index contributed by atoms with van der Waals surface area (Å²) in [4.78, 5) is 0. The maximum absolute atomic E-state index is 4.55. The number of hydrogen-bond donors (Lipinski definition) is 0. The van der Waals surface area contributed by atoms with E-state index in [1.54, 1.807) is 0 Å². The van der Waals surface area contributed by atoms with Crippen molar-refractivity contribution in [2.75, 3.05) is 0 Å². The van der Waals surface area contributed by atoms with Crippen LogP contribution in [-0.4, -0.2) is 19.6 Å². The van der Waals surface area contributed by atoms with Gasteiger partial charge in [0.25, 0.3) is 0 Å². The fourth-order valence-electron chi connectivity index (χ4n) is 3.64. The zero-order valence-corrected chi connectivity index (χ0v) is 18.0. The molecule has 4 nitrogen and oxygen atoms in total. The third-order valence-corrected chi connectivity index (χ3v) is 4.89. The minimum atomic E-state index is 0.660. The zero-order valence-electron chi connectivity index (χ0n) is 18.0. The zero-order chi connectivity index (χ0) is 20.3. The molecule has 0 N–H and O–H groups in total. The third-order valence-electron chi connectivity index (χ3n) is 4.89. The van der Waals surface area contributed by atoms with Gasteiger partial charge in [0.15, 0.2) is 0 Å². The van der Waals surface area contributed by atoms with Gasteiger partial charge in [-0.05, 0) is 48.4 Å². The van der Waals surface area contributed by atoms with E-state index < -0.39 is 0 Å². The Kier molecular flexibility index (Phi) is 6.18. The summed E-state index contributed by atoms with van der Waals surface area (Å²) in [5.74, 6) is 1.37. The van der Waals surface area contributed by atoms with Gasteiger partial charge in [-0.15, -0.1) is 0 Å². The fraction of sp³-hybridized carbons (Fsp3) is 0.417. The van der Waals surface area contributed by atoms with Crippen LogP contribution in [0.1, 0.15) is 39.0 Å². The maximum atomic E-state index is 4.55. The molecule has 28 heavy (non-hydrogen) atoms. The van der Waals surface area contributed by atoms with E-state index >= 15 is 0 Å². The van der Waals surface area contributed by atoms with E-state index in [0.29, 0.717) is 11.8 Å². The maximum Gasteiger partial charge on any atom is 0.0705 e. The molecule has 0 aliphatic carbocycles. The van der Waals surface area contributed by atoms with Crippen molar-refractivity contribution in [2.45, 2.75) is 40.5 Å². The van der Waals surface area contributed by atoms with Crippen LogP contribution >= 0.6 is 0 Å². The van der Waals surface area contributed by atoms with Crippen LogP contribution < -0.4 is 0 Å². The Hall–Kier alpha value is -2.62. The van der Waals surface area contributed by atoms with Gasteiger partial charge in [-0.1, -0.05) is 52.0 Å². The summed E-state index contributed by atoms with van der Waals surface area (Å²) in [6.45, 7) is 8.94. The van der Waals surface area contributed by atoms with Crippen molar-refractivity contribution in [2.24, 2.45) is 25.9 Å². The number of para-hydroxylation sites is 1. The molecule has 148 valence electrons. The van der Waals surface area contributed by atoms with Crippen LogP contribution in [0.4, 0.5) is 0 Å². The lowest BCUT2D eigenvalue weighted by molar-refractivity contribution is 0.624. The van der Waals surface area contributed by atoms with E-state index in [-0.39, 0.29) is 0 Å². The van der Waals surface area contributed by atoms with Crippen LogP contribution in [0.5, 0.6) is 0 Å². The van der Waals surface area contributed by atoms with Gasteiger partial charge in [-0.2, -0.15) is 10.2 Å². The van der Waals surface area contributed by atoms with E-state index in [1.165, 1.54) is 33.1 Å². The van der Waals surface area contributed by atoms with Gasteiger partial charge in [-0.3, -0.25) is 9.36 Å². The average Bonchev–Trinajstić information content (AvgIpc) is 3.15. The Morgan fingerprint density at radius 2 is 1.54 bits per heavy atom. The number of rotatable bonds is 4. The molecule has 0 radical (unpaired) electrons. The van der Waals surface area contributed by atoms with Crippen molar-refractivity contribution in [3.05, 3.63) is 59.9 Å². The van der Waals surface area contributed by atoms with E-state index in [0.717, 1.165) is 12.8 Å². The Balaban J connectivity index is 0.000000161. The molecule has 0 aliphatic rings. The molecule has 0 spiro atoms. The molecule has 4 aromatic rings. The molecule has 2 aromatic carbocycles. The van der Waals surface area contributed by atoms with Crippen molar-refractivity contribution in [1.29, 1.82) is 0 Å². The number of aryl methyl sites for hydroxylation is 2. The molecule has 0 aliphatic heterocycles. The molecule has 2 aromatic heterocycles. The summed E-state index contributed by atoms with van der Waals surface area (Å²) in [5.41, 5.74) is 5.05. The van der Waals surface area contributed by atoms with Gasteiger partial charge in [0.05, 0.1) is 22.9 Å². The second kappa shape index (κ2) is 8.59. The summed E-state index contributed by atoms with van der Waals surface area (Å²) in [6.07, 6.45) is 4.13. The smallest absolute Gasteiger partial charge is 0.0705 e. The van der Waals surface area contributed by atoms with E-state index in [9.17, 15) is 0 Å². The minimum absolute atomic E-state index is 0.660. The number of fused-ring (bicyclic) bond motifs is 2. The molecule has 4 rings (SSSR count). The molecular formula is C24H32N4. The molecule has 4 heteroatoms. The third kappa shape index (κ3) is 4.61. The topological polar surface area (TPSA) is 35.6 Å². The molecule has 0 atom stereocenters. The van der Waals surface area contributed by atoms with Crippen molar-refractivity contribution in [3.63, 3.8) is 0 Å². The Morgan fingerprint density at radius 3 is 2.25 bits per heavy atom. The monoisotopic (exact) mass is 376 g/mol. The lowest BCUT2D eigenvalue weighted by Crippen LogP contribution is -1.96. The van der Waals surface area contributed by atoms with Crippen molar-refractivity contribution in [1.82, 2.24) is 19.6 Å². The predicted molar refractivity (Wildman–Crippen MR) is 119 cm³/mol. The van der Waals surface area contributed by atoms with Crippen molar-refractivity contribution >= 4 is 21.8 Å². The largest absolute Gasteiger partial charge is 0.268 e. The molecule has 0 unspecified atom stereocenters. The van der Waals surface area contributed by atoms with Crippen molar-refractivity contribution in [3.8, 4) is 0 Å². The molecule has 0 saturated heterocycles. The SMILES string of the molecule is CC(C)Cc1ccc2c(cnn2C)c1.CC(C)Cc1nn(C)c2ccccc12. The summed E-state index contributed by atoms with van der Waals surface area (Å²) in [5, 5.41) is 11.3. The molecular weight excluding hydrogens is 344 g/mol. The number of aromatic nitrogens is 4. The molecule has 2 heterocycles. The molecule has 0 amide bonds. The summed E-state index contributed by atoms with van der Waals surface area (Å²) in [6, 6.07) is 15.0. The summed E-state index contributed by atoms with van der Waals surface area (Å²) < 4.78 is 3.88. The molecule has 0 bridgehead atoms. The lowest BCUT2D eigenvalue weighted by Gasteiger charge is -2.04. The highest BCUT2D eigenvalue weighted by atomic mass is 15.3. The van der Waals surface area contributed by atoms with Crippen LogP contribution in [0.25, 0.3) is 21.8 Å². The van der Waals surface area contributed by atoms with Gasteiger partial charge in [0, 0.05) is 24.9 Å². The summed E-state index contributed by atoms with van der Waals surface area (Å²) in [7, 11) is 3.98. The van der Waals surface area contributed by atoms with E-state index in [1.807, 2.05) is 29.7 Å². The number of benzene rings is 2. The highest BCUT2D eigenvalue weighted by molar-refractivity contribution is 5.82. The Morgan fingerprint density at radius 1 is 0.821 bits per heavy atom. The molecule has 0 saturated carbocycles. The highest BCUT2D eigenvalue weighted by Crippen LogP contribution is 2.20. The van der Waals surface area contributed by atoms with E-state index in [4.69, 9.17) is 0 Å².